The molecule has 0 bridgehead atoms. The Labute approximate surface area is 146 Å². The van der Waals surface area contributed by atoms with Crippen LogP contribution in [0.2, 0.25) is 0 Å². The SMILES string of the molecule is C=CCN1C(=O)/C(=C2/SC(SCCC(=O)O)=NN2C)SC1=S. The average molecular weight is 376 g/mol. The molecule has 118 valence electrons. The van der Waals surface area contributed by atoms with Crippen LogP contribution in [0.4, 0.5) is 0 Å². The summed E-state index contributed by atoms with van der Waals surface area (Å²) in [6, 6.07) is 0. The molecule has 0 atom stereocenters. The standard InChI is InChI=1S/C12H13N3O3S4/c1-3-5-15-9(18)8(21-12(15)19)10-14(2)13-11(22-10)20-6-4-7(16)17/h3H,1,4-6H2,2H3,(H,16,17)/b10-8-. The molecule has 0 saturated carbocycles. The van der Waals surface area contributed by atoms with Gasteiger partial charge in [-0.15, -0.1) is 6.58 Å². The van der Waals surface area contributed by atoms with Crippen molar-refractivity contribution in [3.63, 3.8) is 0 Å². The summed E-state index contributed by atoms with van der Waals surface area (Å²) >= 11 is 9.20. The lowest BCUT2D eigenvalue weighted by molar-refractivity contribution is -0.136. The summed E-state index contributed by atoms with van der Waals surface area (Å²) in [5.41, 5.74) is 0. The lowest BCUT2D eigenvalue weighted by Gasteiger charge is -2.12. The van der Waals surface area contributed by atoms with Crippen LogP contribution in [-0.4, -0.2) is 54.9 Å². The summed E-state index contributed by atoms with van der Waals surface area (Å²) in [4.78, 5) is 25.0. The fraction of sp³-hybridized carbons (Fsp3) is 0.333. The number of hydrogen-bond acceptors (Lipinski definition) is 8. The summed E-state index contributed by atoms with van der Waals surface area (Å²) in [7, 11) is 1.76. The number of nitrogens with zero attached hydrogens (tertiary/aromatic N) is 3. The van der Waals surface area contributed by atoms with E-state index in [9.17, 15) is 9.59 Å². The van der Waals surface area contributed by atoms with Crippen molar-refractivity contribution in [1.82, 2.24) is 9.91 Å². The molecule has 1 fully saturated rings. The molecule has 6 nitrogen and oxygen atoms in total. The zero-order valence-electron chi connectivity index (χ0n) is 11.6. The highest BCUT2D eigenvalue weighted by molar-refractivity contribution is 8.40. The monoisotopic (exact) mass is 375 g/mol. The van der Waals surface area contributed by atoms with Crippen molar-refractivity contribution in [1.29, 1.82) is 0 Å². The Morgan fingerprint density at radius 3 is 2.91 bits per heavy atom. The highest BCUT2D eigenvalue weighted by Crippen LogP contribution is 2.43. The third kappa shape index (κ3) is 3.86. The molecular formula is C12H13N3O3S4. The van der Waals surface area contributed by atoms with Crippen molar-refractivity contribution in [2.75, 3.05) is 19.3 Å². The molecule has 2 aliphatic rings. The van der Waals surface area contributed by atoms with Crippen LogP contribution >= 0.6 is 47.5 Å². The van der Waals surface area contributed by atoms with Gasteiger partial charge in [-0.1, -0.05) is 41.8 Å². The van der Waals surface area contributed by atoms with E-state index < -0.39 is 5.97 Å². The minimum Gasteiger partial charge on any atom is -0.481 e. The predicted octanol–water partition coefficient (Wildman–Crippen LogP) is 2.36. The van der Waals surface area contributed by atoms with Crippen LogP contribution in [0.3, 0.4) is 0 Å². The Morgan fingerprint density at radius 1 is 1.55 bits per heavy atom. The smallest absolute Gasteiger partial charge is 0.304 e. The maximum atomic E-state index is 12.4. The van der Waals surface area contributed by atoms with Gasteiger partial charge in [-0.3, -0.25) is 19.5 Å². The summed E-state index contributed by atoms with van der Waals surface area (Å²) in [6.07, 6.45) is 1.71. The van der Waals surface area contributed by atoms with E-state index >= 15 is 0 Å². The van der Waals surface area contributed by atoms with E-state index in [0.29, 0.717) is 21.5 Å². The zero-order chi connectivity index (χ0) is 16.3. The van der Waals surface area contributed by atoms with E-state index in [-0.39, 0.29) is 12.3 Å². The van der Waals surface area contributed by atoms with Gasteiger partial charge in [0, 0.05) is 19.3 Å². The number of rotatable bonds is 5. The van der Waals surface area contributed by atoms with E-state index in [2.05, 4.69) is 11.7 Å². The topological polar surface area (TPSA) is 73.2 Å². The molecule has 0 aromatic carbocycles. The van der Waals surface area contributed by atoms with Crippen LogP contribution < -0.4 is 0 Å². The molecular weight excluding hydrogens is 362 g/mol. The first-order valence-electron chi connectivity index (χ1n) is 6.17. The van der Waals surface area contributed by atoms with E-state index in [1.165, 1.54) is 40.2 Å². The summed E-state index contributed by atoms with van der Waals surface area (Å²) < 4.78 is 1.24. The molecule has 1 amide bonds. The van der Waals surface area contributed by atoms with Crippen LogP contribution in [0.25, 0.3) is 0 Å². The fourth-order valence-electron chi connectivity index (χ4n) is 1.63. The number of carbonyl (C=O) groups excluding carboxylic acids is 1. The maximum absolute atomic E-state index is 12.4. The number of hydrazone groups is 1. The lowest BCUT2D eigenvalue weighted by atomic mass is 10.4. The molecule has 0 aromatic heterocycles. The van der Waals surface area contributed by atoms with Crippen molar-refractivity contribution >= 4 is 68.1 Å². The number of carbonyl (C=O) groups is 2. The van der Waals surface area contributed by atoms with Crippen molar-refractivity contribution in [2.24, 2.45) is 5.10 Å². The maximum Gasteiger partial charge on any atom is 0.304 e. The summed E-state index contributed by atoms with van der Waals surface area (Å²) in [5.74, 6) is -0.536. The highest BCUT2D eigenvalue weighted by atomic mass is 32.2. The van der Waals surface area contributed by atoms with Gasteiger partial charge < -0.3 is 5.11 Å². The second kappa shape index (κ2) is 7.53. The predicted molar refractivity (Wildman–Crippen MR) is 96.6 cm³/mol. The number of thioether (sulfide) groups is 3. The normalized spacial score (nSPS) is 21.6. The Balaban J connectivity index is 2.08. The quantitative estimate of drug-likeness (QED) is 0.446. The van der Waals surface area contributed by atoms with Crippen LogP contribution in [-0.2, 0) is 9.59 Å². The molecule has 0 spiro atoms. The fourth-order valence-corrected chi connectivity index (χ4v) is 5.18. The van der Waals surface area contributed by atoms with Crippen molar-refractivity contribution in [2.45, 2.75) is 6.42 Å². The van der Waals surface area contributed by atoms with Crippen molar-refractivity contribution < 1.29 is 14.7 Å². The van der Waals surface area contributed by atoms with Gasteiger partial charge in [-0.25, -0.2) is 0 Å². The van der Waals surface area contributed by atoms with Crippen LogP contribution in [0, 0.1) is 0 Å². The Bertz CT molecular complexity index is 602. The number of aliphatic carboxylic acids is 1. The molecule has 0 unspecified atom stereocenters. The minimum absolute atomic E-state index is 0.0742. The van der Waals surface area contributed by atoms with Gasteiger partial charge >= 0.3 is 5.97 Å². The molecule has 22 heavy (non-hydrogen) atoms. The van der Waals surface area contributed by atoms with Crippen molar-refractivity contribution in [3.05, 3.63) is 22.6 Å². The van der Waals surface area contributed by atoms with Gasteiger partial charge in [-0.2, -0.15) is 5.10 Å². The molecule has 0 aromatic rings. The van der Waals surface area contributed by atoms with E-state index in [0.717, 1.165) is 9.40 Å². The van der Waals surface area contributed by atoms with Crippen LogP contribution in [0.1, 0.15) is 6.42 Å². The minimum atomic E-state index is -0.838. The molecule has 2 aliphatic heterocycles. The number of carboxylic acid groups (broad SMARTS) is 1. The number of hydrogen-bond donors (Lipinski definition) is 1. The zero-order valence-corrected chi connectivity index (χ0v) is 14.9. The average Bonchev–Trinajstić information content (AvgIpc) is 2.93. The van der Waals surface area contributed by atoms with Crippen LogP contribution in [0.15, 0.2) is 27.7 Å². The number of carboxylic acids is 1. The van der Waals surface area contributed by atoms with E-state index in [1.807, 2.05) is 0 Å². The second-order valence-corrected chi connectivity index (χ2v) is 8.15. The van der Waals surface area contributed by atoms with Gasteiger partial charge in [0.05, 0.1) is 6.42 Å². The number of thiocarbonyl (C=S) groups is 1. The molecule has 0 radical (unpaired) electrons. The second-order valence-electron chi connectivity index (χ2n) is 4.19. The molecule has 1 N–H and O–H groups in total. The van der Waals surface area contributed by atoms with Gasteiger partial charge in [0.2, 0.25) is 0 Å². The molecule has 0 aliphatic carbocycles. The van der Waals surface area contributed by atoms with E-state index in [4.69, 9.17) is 17.3 Å². The Morgan fingerprint density at radius 2 is 2.27 bits per heavy atom. The third-order valence-electron chi connectivity index (χ3n) is 2.61. The summed E-state index contributed by atoms with van der Waals surface area (Å²) in [5, 5.41) is 15.3. The molecule has 2 heterocycles. The molecule has 10 heteroatoms. The first kappa shape index (κ1) is 17.4. The lowest BCUT2D eigenvalue weighted by Crippen LogP contribution is -2.28. The van der Waals surface area contributed by atoms with E-state index in [1.54, 1.807) is 18.1 Å². The van der Waals surface area contributed by atoms with Gasteiger partial charge in [0.25, 0.3) is 5.91 Å². The Hall–Kier alpha value is -0.970. The third-order valence-corrected chi connectivity index (χ3v) is 6.43. The van der Waals surface area contributed by atoms with Gasteiger partial charge in [-0.05, 0) is 11.8 Å². The summed E-state index contributed by atoms with van der Waals surface area (Å²) in [6.45, 7) is 4.01. The van der Waals surface area contributed by atoms with Gasteiger partial charge in [0.1, 0.15) is 14.3 Å². The molecule has 1 saturated heterocycles. The first-order chi connectivity index (χ1) is 10.4. The molecule has 2 rings (SSSR count). The van der Waals surface area contributed by atoms with Gasteiger partial charge in [0.15, 0.2) is 4.38 Å². The Kier molecular flexibility index (Phi) is 5.95. The van der Waals surface area contributed by atoms with Crippen LogP contribution in [0.5, 0.6) is 0 Å². The van der Waals surface area contributed by atoms with Crippen molar-refractivity contribution in [3.8, 4) is 0 Å². The highest BCUT2D eigenvalue weighted by Gasteiger charge is 2.37. The number of amides is 1. The first-order valence-corrected chi connectivity index (χ1v) is 9.20. The largest absolute Gasteiger partial charge is 0.481 e.